The first-order valence-electron chi connectivity index (χ1n) is 7.65. The molecule has 0 bridgehead atoms. The lowest BCUT2D eigenvalue weighted by molar-refractivity contribution is 0.626. The van der Waals surface area contributed by atoms with Crippen LogP contribution in [0.25, 0.3) is 11.2 Å². The monoisotopic (exact) mass is 398 g/mol. The molecular weight excluding hydrogens is 383 g/mol. The van der Waals surface area contributed by atoms with E-state index in [1.807, 2.05) is 0 Å². The average molecular weight is 399 g/mol. The van der Waals surface area contributed by atoms with Gasteiger partial charge in [-0.15, -0.1) is 11.6 Å². The maximum absolute atomic E-state index is 13.1. The Morgan fingerprint density at radius 3 is 2.65 bits per heavy atom. The molecule has 11 heteroatoms. The van der Waals surface area contributed by atoms with E-state index in [0.29, 0.717) is 12.0 Å². The largest absolute Gasteiger partial charge is 0.382 e. The van der Waals surface area contributed by atoms with Crippen molar-refractivity contribution in [1.29, 1.82) is 4.78 Å². The molecule has 1 atom stereocenters. The van der Waals surface area contributed by atoms with E-state index < -0.39 is 15.4 Å². The summed E-state index contributed by atoms with van der Waals surface area (Å²) in [6.07, 6.45) is 0.362. The molecule has 1 unspecified atom stereocenters. The van der Waals surface area contributed by atoms with Crippen LogP contribution in [-0.4, -0.2) is 35.4 Å². The second-order valence-corrected chi connectivity index (χ2v) is 8.16. The molecule has 2 aromatic heterocycles. The van der Waals surface area contributed by atoms with Crippen LogP contribution in [0.3, 0.4) is 0 Å². The summed E-state index contributed by atoms with van der Waals surface area (Å²) in [4.78, 5) is 22.9. The van der Waals surface area contributed by atoms with Crippen molar-refractivity contribution in [3.63, 3.8) is 0 Å². The summed E-state index contributed by atoms with van der Waals surface area (Å²) < 4.78 is 34.9. The molecule has 0 saturated heterocycles. The van der Waals surface area contributed by atoms with Crippen LogP contribution in [0.4, 0.5) is 10.2 Å². The third kappa shape index (κ3) is 3.56. The first-order valence-corrected chi connectivity index (χ1v) is 9.91. The molecule has 2 heterocycles. The third-order valence-corrected chi connectivity index (χ3v) is 5.65. The fraction of sp³-hybridized carbons (Fsp3) is 0.267. The van der Waals surface area contributed by atoms with Crippen molar-refractivity contribution in [3.05, 3.63) is 46.1 Å². The number of benzene rings is 1. The highest BCUT2D eigenvalue weighted by atomic mass is 35.5. The Morgan fingerprint density at radius 2 is 2.00 bits per heavy atom. The molecule has 0 aliphatic rings. The predicted molar refractivity (Wildman–Crippen MR) is 97.4 cm³/mol. The van der Waals surface area contributed by atoms with E-state index in [1.165, 1.54) is 16.7 Å². The molecule has 3 aromatic rings. The number of nitrogens with one attached hydrogen (secondary N) is 2. The highest BCUT2D eigenvalue weighted by Gasteiger charge is 2.20. The van der Waals surface area contributed by atoms with Crippen LogP contribution in [0.1, 0.15) is 12.0 Å². The number of H-pyrrole nitrogens is 1. The minimum Gasteiger partial charge on any atom is -0.382 e. The lowest BCUT2D eigenvalue weighted by Crippen LogP contribution is -2.18. The SMILES string of the molecule is N=S(=O)(CCCCl)c1nc(N)c2[nH]c(=O)n(Cc3ccc(F)cc3)c2n1. The zero-order valence-corrected chi connectivity index (χ0v) is 15.1. The molecule has 1 aromatic carbocycles. The number of fused-ring (bicyclic) bond motifs is 1. The standard InChI is InChI=1S/C15H16ClFN6O2S/c16-6-1-7-26(19,25)14-21-12(18)11-13(22-14)23(15(24)20-11)8-9-2-4-10(17)5-3-9/h2-5,19H,1,6-8H2,(H,20,24)(H2,18,21,22). The Morgan fingerprint density at radius 1 is 1.31 bits per heavy atom. The maximum atomic E-state index is 13.1. The molecule has 3 rings (SSSR count). The molecule has 0 amide bonds. The Balaban J connectivity index is 2.11. The van der Waals surface area contributed by atoms with Crippen molar-refractivity contribution in [3.8, 4) is 0 Å². The van der Waals surface area contributed by atoms with E-state index in [-0.39, 0.29) is 46.1 Å². The van der Waals surface area contributed by atoms with Gasteiger partial charge < -0.3 is 10.7 Å². The zero-order chi connectivity index (χ0) is 18.9. The summed E-state index contributed by atoms with van der Waals surface area (Å²) in [5.74, 6) is -0.200. The van der Waals surface area contributed by atoms with Gasteiger partial charge in [0.2, 0.25) is 5.16 Å². The molecule has 0 aliphatic heterocycles. The zero-order valence-electron chi connectivity index (χ0n) is 13.5. The summed E-state index contributed by atoms with van der Waals surface area (Å²) in [5.41, 5.74) is 6.39. The number of nitrogen functional groups attached to an aromatic ring is 1. The predicted octanol–water partition coefficient (Wildman–Crippen LogP) is 1.92. The first-order chi connectivity index (χ1) is 12.3. The highest BCUT2D eigenvalue weighted by molar-refractivity contribution is 7.92. The fourth-order valence-corrected chi connectivity index (χ4v) is 3.95. The third-order valence-electron chi connectivity index (χ3n) is 3.74. The summed E-state index contributed by atoms with van der Waals surface area (Å²) in [6.45, 7) is 0.107. The van der Waals surface area contributed by atoms with E-state index in [4.69, 9.17) is 22.1 Å². The van der Waals surface area contributed by atoms with Crippen molar-refractivity contribution in [1.82, 2.24) is 19.5 Å². The Labute approximate surface area is 153 Å². The smallest absolute Gasteiger partial charge is 0.328 e. The Hall–Kier alpha value is -2.46. The minimum absolute atomic E-state index is 0.00589. The van der Waals surface area contributed by atoms with Gasteiger partial charge in [0.15, 0.2) is 11.5 Å². The van der Waals surface area contributed by atoms with Crippen LogP contribution in [0, 0.1) is 10.6 Å². The van der Waals surface area contributed by atoms with Crippen molar-refractivity contribution < 1.29 is 8.60 Å². The number of nitrogens with two attached hydrogens (primary N) is 1. The molecule has 0 fully saturated rings. The number of hydrogen-bond donors (Lipinski definition) is 3. The number of anilines is 1. The molecule has 0 aliphatic carbocycles. The van der Waals surface area contributed by atoms with Crippen LogP contribution < -0.4 is 11.4 Å². The molecule has 138 valence electrons. The second kappa shape index (κ2) is 7.04. The van der Waals surface area contributed by atoms with Crippen molar-refractivity contribution in [2.75, 3.05) is 17.4 Å². The summed E-state index contributed by atoms with van der Waals surface area (Å²) in [7, 11) is -3.29. The van der Waals surface area contributed by atoms with E-state index in [2.05, 4.69) is 15.0 Å². The quantitative estimate of drug-likeness (QED) is 0.431. The van der Waals surface area contributed by atoms with Gasteiger partial charge in [-0.3, -0.25) is 4.57 Å². The van der Waals surface area contributed by atoms with Gasteiger partial charge in [-0.1, -0.05) is 12.1 Å². The van der Waals surface area contributed by atoms with Crippen molar-refractivity contribution >= 4 is 38.3 Å². The van der Waals surface area contributed by atoms with Crippen molar-refractivity contribution in [2.45, 2.75) is 18.1 Å². The number of halogens is 2. The number of aromatic nitrogens is 4. The van der Waals surface area contributed by atoms with Crippen LogP contribution in [0.5, 0.6) is 0 Å². The topological polar surface area (TPSA) is 131 Å². The Kier molecular flexibility index (Phi) is 4.97. The number of aromatic amines is 1. The summed E-state index contributed by atoms with van der Waals surface area (Å²) >= 11 is 5.60. The average Bonchev–Trinajstić information content (AvgIpc) is 2.92. The summed E-state index contributed by atoms with van der Waals surface area (Å²) in [6, 6.07) is 5.65. The number of rotatable bonds is 6. The first kappa shape index (κ1) is 18.3. The minimum atomic E-state index is -3.29. The number of hydrogen-bond acceptors (Lipinski definition) is 6. The second-order valence-electron chi connectivity index (χ2n) is 5.65. The van der Waals surface area contributed by atoms with Gasteiger partial charge in [-0.05, 0) is 24.1 Å². The number of nitrogens with zero attached hydrogens (tertiary/aromatic N) is 3. The van der Waals surface area contributed by atoms with Crippen LogP contribution in [0.15, 0.2) is 34.2 Å². The van der Waals surface area contributed by atoms with E-state index in [9.17, 15) is 13.4 Å². The van der Waals surface area contributed by atoms with Gasteiger partial charge in [-0.25, -0.2) is 23.2 Å². The molecule has 26 heavy (non-hydrogen) atoms. The van der Waals surface area contributed by atoms with Gasteiger partial charge >= 0.3 is 5.69 Å². The normalized spacial score (nSPS) is 13.8. The molecule has 4 N–H and O–H groups in total. The van der Waals surface area contributed by atoms with Gasteiger partial charge in [0.05, 0.1) is 6.54 Å². The molecule has 8 nitrogen and oxygen atoms in total. The van der Waals surface area contributed by atoms with Gasteiger partial charge in [0.25, 0.3) is 0 Å². The highest BCUT2D eigenvalue weighted by Crippen LogP contribution is 2.19. The number of alkyl halides is 1. The lowest BCUT2D eigenvalue weighted by Gasteiger charge is -2.08. The van der Waals surface area contributed by atoms with E-state index in [0.717, 1.165) is 0 Å². The molecule has 0 radical (unpaired) electrons. The van der Waals surface area contributed by atoms with E-state index in [1.54, 1.807) is 12.1 Å². The molecule has 0 saturated carbocycles. The fourth-order valence-electron chi connectivity index (χ4n) is 2.45. The van der Waals surface area contributed by atoms with Gasteiger partial charge in [0.1, 0.15) is 21.1 Å². The number of imidazole rings is 1. The van der Waals surface area contributed by atoms with Gasteiger partial charge in [0, 0.05) is 11.6 Å². The van der Waals surface area contributed by atoms with Crippen molar-refractivity contribution in [2.24, 2.45) is 0 Å². The van der Waals surface area contributed by atoms with E-state index >= 15 is 0 Å². The summed E-state index contributed by atoms with van der Waals surface area (Å²) in [5, 5.41) is -0.237. The Bertz CT molecular complexity index is 1110. The maximum Gasteiger partial charge on any atom is 0.328 e. The van der Waals surface area contributed by atoms with Crippen LogP contribution in [-0.2, 0) is 16.3 Å². The lowest BCUT2D eigenvalue weighted by atomic mass is 10.2. The molecule has 0 spiro atoms. The van der Waals surface area contributed by atoms with Crippen LogP contribution in [0.2, 0.25) is 0 Å². The van der Waals surface area contributed by atoms with Gasteiger partial charge in [-0.2, -0.15) is 4.98 Å². The van der Waals surface area contributed by atoms with Crippen LogP contribution >= 0.6 is 11.6 Å². The molecular formula is C15H16ClFN6O2S.